The number of ether oxygens (including phenoxy) is 4. The first kappa shape index (κ1) is 73.1. The fourth-order valence-corrected chi connectivity index (χ4v) is 6.06. The Hall–Kier alpha value is -10.9. The molecule has 8 rings (SSSR count). The number of rotatable bonds is 12. The van der Waals surface area contributed by atoms with E-state index in [0.29, 0.717) is 67.3 Å². The van der Waals surface area contributed by atoms with Gasteiger partial charge in [0, 0.05) is 94.6 Å². The van der Waals surface area contributed by atoms with Crippen molar-refractivity contribution in [1.82, 2.24) is 19.9 Å². The van der Waals surface area contributed by atoms with Gasteiger partial charge in [0.1, 0.15) is 0 Å². The van der Waals surface area contributed by atoms with E-state index in [1.807, 2.05) is 0 Å². The fraction of sp³-hybridized carbons (Fsp3) is 0.0714. The topological polar surface area (TPSA) is 406 Å². The molecular formula is C56H48Ag2N10O18. The first-order valence-corrected chi connectivity index (χ1v) is 23.5. The summed E-state index contributed by atoms with van der Waals surface area (Å²) in [6.45, 7) is 0. The van der Waals surface area contributed by atoms with E-state index < -0.39 is 34.1 Å². The van der Waals surface area contributed by atoms with Crippen LogP contribution in [0.4, 0.5) is 22.7 Å². The van der Waals surface area contributed by atoms with Gasteiger partial charge in [-0.2, -0.15) is 0 Å². The summed E-state index contributed by atoms with van der Waals surface area (Å²) in [6, 6.07) is 38.5. The van der Waals surface area contributed by atoms with Crippen LogP contribution < -0.4 is 21.3 Å². The van der Waals surface area contributed by atoms with Crippen molar-refractivity contribution in [2.75, 3.05) is 49.7 Å². The fourth-order valence-electron chi connectivity index (χ4n) is 6.06. The quantitative estimate of drug-likeness (QED) is 0.0296. The average molecular weight is 1360 g/mol. The Morgan fingerprint density at radius 3 is 0.547 bits per heavy atom. The van der Waals surface area contributed by atoms with Crippen LogP contribution in [0.1, 0.15) is 82.9 Å². The predicted octanol–water partition coefficient (Wildman–Crippen LogP) is 8.00. The van der Waals surface area contributed by atoms with Gasteiger partial charge in [0.15, 0.2) is 0 Å². The van der Waals surface area contributed by atoms with Gasteiger partial charge in [-0.3, -0.25) is 39.1 Å². The molecule has 0 aliphatic rings. The van der Waals surface area contributed by atoms with E-state index in [2.05, 4.69) is 60.2 Å². The number of esters is 4. The number of aromatic nitrogens is 4. The third-order valence-electron chi connectivity index (χ3n) is 10.0. The minimum atomic E-state index is -1.75. The molecule has 4 amide bonds. The summed E-state index contributed by atoms with van der Waals surface area (Å²) in [6.07, 6.45) is 12.7. The van der Waals surface area contributed by atoms with Gasteiger partial charge in [0.05, 0.1) is 60.9 Å². The van der Waals surface area contributed by atoms with Gasteiger partial charge in [0.2, 0.25) is 0 Å². The summed E-state index contributed by atoms with van der Waals surface area (Å²) in [4.78, 5) is 125. The maximum atomic E-state index is 11.9. The number of pyridine rings is 4. The number of anilines is 4. The second kappa shape index (κ2) is 40.3. The van der Waals surface area contributed by atoms with Crippen LogP contribution >= 0.6 is 0 Å². The number of carbonyl (C=O) groups excluding carboxylic acids is 8. The molecule has 28 nitrogen and oxygen atoms in total. The van der Waals surface area contributed by atoms with Crippen LogP contribution in [0.3, 0.4) is 0 Å². The van der Waals surface area contributed by atoms with Crippen LogP contribution in [-0.2, 0) is 63.7 Å². The summed E-state index contributed by atoms with van der Waals surface area (Å²) in [7, 11) is 5.25. The molecule has 0 aliphatic carbocycles. The van der Waals surface area contributed by atoms with Crippen molar-refractivity contribution in [2.45, 2.75) is 0 Å². The summed E-state index contributed by atoms with van der Waals surface area (Å²) in [5, 5.41) is 40.4. The van der Waals surface area contributed by atoms with Gasteiger partial charge in [0.25, 0.3) is 23.6 Å². The number of hydrogen-bond acceptors (Lipinski definition) is 22. The van der Waals surface area contributed by atoms with Gasteiger partial charge in [-0.25, -0.2) is 19.2 Å². The molecule has 452 valence electrons. The zero-order valence-electron chi connectivity index (χ0n) is 45.1. The molecule has 4 heterocycles. The second-order valence-electron chi connectivity index (χ2n) is 15.5. The zero-order valence-corrected chi connectivity index (χ0v) is 48.1. The molecule has 4 aromatic carbocycles. The van der Waals surface area contributed by atoms with Crippen LogP contribution in [0.15, 0.2) is 195 Å². The minimum Gasteiger partial charge on any atom is -0.465 e. The van der Waals surface area contributed by atoms with E-state index in [1.54, 1.807) is 195 Å². The molecule has 0 saturated heterocycles. The molecule has 0 saturated carbocycles. The number of nitrogens with zero attached hydrogens (tertiary/aromatic N) is 6. The number of hydrogen-bond donors (Lipinski definition) is 4. The zero-order chi connectivity index (χ0) is 61.8. The molecule has 0 spiro atoms. The molecule has 0 fully saturated rings. The molecule has 4 aromatic heterocycles. The van der Waals surface area contributed by atoms with Gasteiger partial charge in [-0.1, -0.05) is 0 Å². The van der Waals surface area contributed by atoms with Crippen molar-refractivity contribution in [3.05, 3.63) is 270 Å². The summed E-state index contributed by atoms with van der Waals surface area (Å²) in [5.74, 6) is -2.71. The van der Waals surface area contributed by atoms with E-state index in [4.69, 9.17) is 30.6 Å². The van der Waals surface area contributed by atoms with E-state index in [-0.39, 0.29) is 68.4 Å². The second-order valence-corrected chi connectivity index (χ2v) is 15.5. The number of benzene rings is 4. The van der Waals surface area contributed by atoms with Crippen molar-refractivity contribution >= 4 is 70.3 Å². The number of amides is 4. The van der Waals surface area contributed by atoms with Gasteiger partial charge >= 0.3 is 68.6 Å². The molecule has 4 N–H and O–H groups in total. The Labute approximate surface area is 519 Å². The van der Waals surface area contributed by atoms with Crippen molar-refractivity contribution in [1.29, 1.82) is 0 Å². The number of methoxy groups -OCH3 is 4. The normalized spacial score (nSPS) is 9.16. The van der Waals surface area contributed by atoms with Gasteiger partial charge < -0.3 is 70.9 Å². The standard InChI is InChI=1S/4C14H12N2O3.2Ag.2NO3/c4*1-19-14(18)11-4-2-10(3-5-11)13(17)16-12-6-8-15-9-7-12;;;2*2-1(3)4/h4*2-9H,1H3,(H,15,16,17);;;;/q;;;;2*+1;2*-1. The van der Waals surface area contributed by atoms with E-state index in [1.165, 1.54) is 28.4 Å². The largest absolute Gasteiger partial charge is 1.00 e. The number of nitrogens with one attached hydrogen (secondary N) is 4. The molecule has 0 unspecified atom stereocenters. The van der Waals surface area contributed by atoms with Crippen molar-refractivity contribution in [3.8, 4) is 0 Å². The summed E-state index contributed by atoms with van der Waals surface area (Å²) in [5.41, 5.74) is 6.13. The third-order valence-corrected chi connectivity index (χ3v) is 10.0. The first-order valence-electron chi connectivity index (χ1n) is 23.5. The first-order chi connectivity index (χ1) is 40.3. The van der Waals surface area contributed by atoms with Gasteiger partial charge in [-0.15, -0.1) is 0 Å². The van der Waals surface area contributed by atoms with E-state index in [0.717, 1.165) is 0 Å². The predicted molar refractivity (Wildman–Crippen MR) is 301 cm³/mol. The molecule has 0 bridgehead atoms. The Bertz CT molecular complexity index is 2980. The molecule has 30 heteroatoms. The molecule has 0 radical (unpaired) electrons. The van der Waals surface area contributed by atoms with Crippen molar-refractivity contribution < 1.29 is 112 Å². The molecule has 86 heavy (non-hydrogen) atoms. The molecule has 0 atom stereocenters. The van der Waals surface area contributed by atoms with Crippen molar-refractivity contribution in [2.24, 2.45) is 0 Å². The number of carbonyl (C=O) groups is 8. The summed E-state index contributed by atoms with van der Waals surface area (Å²) < 4.78 is 18.3. The Morgan fingerprint density at radius 1 is 0.291 bits per heavy atom. The maximum Gasteiger partial charge on any atom is 1.00 e. The van der Waals surface area contributed by atoms with E-state index >= 15 is 0 Å². The van der Waals surface area contributed by atoms with Crippen molar-refractivity contribution in [3.63, 3.8) is 0 Å². The van der Waals surface area contributed by atoms with Gasteiger partial charge in [-0.05, 0) is 146 Å². The average Bonchev–Trinajstić information content (AvgIpc) is 3.73. The molecule has 8 aromatic rings. The van der Waals surface area contributed by atoms with Crippen LogP contribution in [0.25, 0.3) is 0 Å². The maximum absolute atomic E-state index is 11.9. The van der Waals surface area contributed by atoms with E-state index in [9.17, 15) is 38.4 Å². The molecular weight excluding hydrogens is 1320 g/mol. The Kier molecular flexibility index (Phi) is 34.3. The van der Waals surface area contributed by atoms with Crippen LogP contribution in [0.2, 0.25) is 0 Å². The SMILES string of the molecule is COC(=O)c1ccc(C(=O)Nc2ccncc2)cc1.COC(=O)c1ccc(C(=O)Nc2ccncc2)cc1.COC(=O)c1ccc(C(=O)Nc2ccncc2)cc1.COC(=O)c1ccc(C(=O)Nc2ccncc2)cc1.O=[N+]([O-])[O-].O=[N+]([O-])[O-].[Ag+].[Ag+]. The monoisotopic (exact) mass is 1360 g/mol. The van der Waals surface area contributed by atoms with Crippen LogP contribution in [0, 0.1) is 30.6 Å². The minimum absolute atomic E-state index is 0. The smallest absolute Gasteiger partial charge is 0.465 e. The Balaban J connectivity index is 0.000000545. The third kappa shape index (κ3) is 27.7. The summed E-state index contributed by atoms with van der Waals surface area (Å²) >= 11 is 0. The van der Waals surface area contributed by atoms with Crippen LogP contribution in [-0.4, -0.2) is 106 Å². The molecule has 0 aliphatic heterocycles. The van der Waals surface area contributed by atoms with Crippen LogP contribution in [0.5, 0.6) is 0 Å². The Morgan fingerprint density at radius 2 is 0.419 bits per heavy atom.